The number of carbonyl (C=O) groups excluding carboxylic acids is 1. The van der Waals surface area contributed by atoms with Crippen LogP contribution in [-0.4, -0.2) is 39.0 Å². The molecule has 152 valence electrons. The second-order valence-corrected chi connectivity index (χ2v) is 5.99. The third kappa shape index (κ3) is 5.08. The number of ether oxygens (including phenoxy) is 1. The second-order valence-electron chi connectivity index (χ2n) is 5.99. The van der Waals surface area contributed by atoms with Crippen LogP contribution in [0.4, 0.5) is 13.2 Å². The summed E-state index contributed by atoms with van der Waals surface area (Å²) in [6.45, 7) is -0.952. The third-order valence-electron chi connectivity index (χ3n) is 3.96. The smallest absolute Gasteiger partial charge is 0.406 e. The number of rotatable bonds is 6. The number of aliphatic hydroxyl groups excluding tert-OH is 1. The number of hydrogen-bond acceptors (Lipinski definition) is 6. The molecule has 2 aromatic carbocycles. The highest BCUT2D eigenvalue weighted by Crippen LogP contribution is 2.24. The van der Waals surface area contributed by atoms with E-state index in [1.54, 1.807) is 24.3 Å². The van der Waals surface area contributed by atoms with Gasteiger partial charge >= 0.3 is 6.36 Å². The Hall–Kier alpha value is -3.47. The Balaban J connectivity index is 1.70. The standard InChI is InChI=1S/C18H15F3N4O4/c19-18(20,21)29-12-7-5-11(6-8-12)15(10-26)22-16(27)9-25-17(28)13-3-1-2-4-14(13)23-24-25/h1-8,15,26H,9-10H2,(H,22,27). The Morgan fingerprint density at radius 2 is 1.86 bits per heavy atom. The number of benzene rings is 2. The number of aromatic nitrogens is 3. The lowest BCUT2D eigenvalue weighted by Gasteiger charge is -2.17. The summed E-state index contributed by atoms with van der Waals surface area (Å²) in [5.41, 5.74) is 0.246. The monoisotopic (exact) mass is 408 g/mol. The zero-order chi connectivity index (χ0) is 21.0. The van der Waals surface area contributed by atoms with E-state index in [-0.39, 0.29) is 0 Å². The maximum Gasteiger partial charge on any atom is 0.573 e. The van der Waals surface area contributed by atoms with Gasteiger partial charge in [-0.2, -0.15) is 0 Å². The van der Waals surface area contributed by atoms with Crippen molar-refractivity contribution in [1.82, 2.24) is 20.3 Å². The first-order valence-electron chi connectivity index (χ1n) is 8.35. The van der Waals surface area contributed by atoms with Gasteiger partial charge in [-0.25, -0.2) is 4.68 Å². The van der Waals surface area contributed by atoms with Gasteiger partial charge in [0, 0.05) is 0 Å². The van der Waals surface area contributed by atoms with Gasteiger partial charge in [0.1, 0.15) is 17.8 Å². The van der Waals surface area contributed by atoms with Crippen LogP contribution in [-0.2, 0) is 11.3 Å². The Kier molecular flexibility index (Phi) is 5.78. The molecule has 29 heavy (non-hydrogen) atoms. The second kappa shape index (κ2) is 8.27. The van der Waals surface area contributed by atoms with E-state index in [9.17, 15) is 27.9 Å². The molecule has 1 atom stereocenters. The first-order valence-corrected chi connectivity index (χ1v) is 8.35. The summed E-state index contributed by atoms with van der Waals surface area (Å²) in [5.74, 6) is -1.06. The molecular weight excluding hydrogens is 393 g/mol. The highest BCUT2D eigenvalue weighted by atomic mass is 19.4. The van der Waals surface area contributed by atoms with Crippen LogP contribution in [0.1, 0.15) is 11.6 Å². The number of nitrogens with one attached hydrogen (secondary N) is 1. The van der Waals surface area contributed by atoms with Gasteiger partial charge in [0.15, 0.2) is 0 Å². The molecule has 0 radical (unpaired) electrons. The van der Waals surface area contributed by atoms with Crippen molar-refractivity contribution < 1.29 is 27.8 Å². The molecule has 0 fully saturated rings. The fraction of sp³-hybridized carbons (Fsp3) is 0.222. The Labute approximate surface area is 161 Å². The van der Waals surface area contributed by atoms with E-state index in [4.69, 9.17) is 0 Å². The molecule has 3 rings (SSSR count). The first-order chi connectivity index (χ1) is 13.8. The predicted molar refractivity (Wildman–Crippen MR) is 94.9 cm³/mol. The highest BCUT2D eigenvalue weighted by molar-refractivity contribution is 5.78. The van der Waals surface area contributed by atoms with E-state index in [1.165, 1.54) is 12.1 Å². The minimum absolute atomic E-state index is 0.300. The van der Waals surface area contributed by atoms with Crippen LogP contribution >= 0.6 is 0 Å². The van der Waals surface area contributed by atoms with Gasteiger partial charge < -0.3 is 15.2 Å². The Morgan fingerprint density at radius 1 is 1.17 bits per heavy atom. The van der Waals surface area contributed by atoms with Gasteiger partial charge in [0.25, 0.3) is 5.56 Å². The van der Waals surface area contributed by atoms with Crippen LogP contribution in [0.5, 0.6) is 5.75 Å². The lowest BCUT2D eigenvalue weighted by molar-refractivity contribution is -0.274. The number of nitrogens with zero attached hydrogens (tertiary/aromatic N) is 3. The number of aliphatic hydroxyl groups is 1. The number of amides is 1. The van der Waals surface area contributed by atoms with E-state index in [0.717, 1.165) is 16.8 Å². The van der Waals surface area contributed by atoms with Crippen molar-refractivity contribution in [3.63, 3.8) is 0 Å². The van der Waals surface area contributed by atoms with E-state index < -0.39 is 42.8 Å². The number of fused-ring (bicyclic) bond motifs is 1. The quantitative estimate of drug-likeness (QED) is 0.641. The predicted octanol–water partition coefficient (Wildman–Crippen LogP) is 1.54. The highest BCUT2D eigenvalue weighted by Gasteiger charge is 2.31. The molecule has 0 aliphatic carbocycles. The molecule has 0 aliphatic rings. The van der Waals surface area contributed by atoms with Gasteiger partial charge in [-0.1, -0.05) is 29.5 Å². The lowest BCUT2D eigenvalue weighted by Crippen LogP contribution is -2.37. The maximum absolute atomic E-state index is 12.4. The van der Waals surface area contributed by atoms with Crippen LogP contribution in [0.2, 0.25) is 0 Å². The van der Waals surface area contributed by atoms with Crippen LogP contribution in [0.3, 0.4) is 0 Å². The average molecular weight is 408 g/mol. The van der Waals surface area contributed by atoms with E-state index in [0.29, 0.717) is 16.5 Å². The van der Waals surface area contributed by atoms with Gasteiger partial charge in [0.05, 0.1) is 18.0 Å². The molecule has 0 spiro atoms. The summed E-state index contributed by atoms with van der Waals surface area (Å²) in [6, 6.07) is 10.3. The first kappa shape index (κ1) is 20.3. The molecule has 1 aromatic heterocycles. The maximum atomic E-state index is 12.4. The average Bonchev–Trinajstić information content (AvgIpc) is 2.68. The summed E-state index contributed by atoms with van der Waals surface area (Å²) in [7, 11) is 0. The van der Waals surface area contributed by atoms with Crippen LogP contribution in [0, 0.1) is 0 Å². The molecule has 11 heteroatoms. The van der Waals surface area contributed by atoms with Gasteiger partial charge in [-0.15, -0.1) is 18.3 Å². The molecule has 3 aromatic rings. The number of hydrogen-bond donors (Lipinski definition) is 2. The number of alkyl halides is 3. The van der Waals surface area contributed by atoms with Crippen molar-refractivity contribution in [1.29, 1.82) is 0 Å². The van der Waals surface area contributed by atoms with Gasteiger partial charge in [-0.3, -0.25) is 9.59 Å². The number of halogens is 3. The molecular formula is C18H15F3N4O4. The minimum Gasteiger partial charge on any atom is -0.406 e. The van der Waals surface area contributed by atoms with E-state index in [2.05, 4.69) is 20.4 Å². The van der Waals surface area contributed by atoms with Crippen molar-refractivity contribution in [3.8, 4) is 5.75 Å². The van der Waals surface area contributed by atoms with E-state index in [1.807, 2.05) is 0 Å². The van der Waals surface area contributed by atoms with Gasteiger partial charge in [0.2, 0.25) is 5.91 Å². The summed E-state index contributed by atoms with van der Waals surface area (Å²) < 4.78 is 41.3. The third-order valence-corrected chi connectivity index (χ3v) is 3.96. The van der Waals surface area contributed by atoms with Crippen LogP contribution in [0.25, 0.3) is 10.9 Å². The summed E-state index contributed by atoms with van der Waals surface area (Å²) in [4.78, 5) is 24.6. The molecule has 0 saturated carbocycles. The summed E-state index contributed by atoms with van der Waals surface area (Å²) in [6.07, 6.45) is -4.82. The molecule has 1 amide bonds. The Bertz CT molecular complexity index is 1070. The molecule has 8 nitrogen and oxygen atoms in total. The molecule has 0 saturated heterocycles. The van der Waals surface area contributed by atoms with E-state index >= 15 is 0 Å². The van der Waals surface area contributed by atoms with Crippen molar-refractivity contribution in [3.05, 3.63) is 64.4 Å². The lowest BCUT2D eigenvalue weighted by atomic mass is 10.1. The zero-order valence-electron chi connectivity index (χ0n) is 14.8. The minimum atomic E-state index is -4.82. The van der Waals surface area contributed by atoms with Crippen LogP contribution in [0.15, 0.2) is 53.3 Å². The van der Waals surface area contributed by atoms with Crippen molar-refractivity contribution >= 4 is 16.8 Å². The molecule has 0 aliphatic heterocycles. The van der Waals surface area contributed by atoms with Crippen molar-refractivity contribution in [2.75, 3.05) is 6.61 Å². The fourth-order valence-electron chi connectivity index (χ4n) is 2.64. The molecule has 0 bridgehead atoms. The normalized spacial score (nSPS) is 12.6. The largest absolute Gasteiger partial charge is 0.573 e. The Morgan fingerprint density at radius 3 is 2.52 bits per heavy atom. The van der Waals surface area contributed by atoms with Crippen LogP contribution < -0.4 is 15.6 Å². The summed E-state index contributed by atoms with van der Waals surface area (Å²) in [5, 5.41) is 19.9. The fourth-order valence-corrected chi connectivity index (χ4v) is 2.64. The van der Waals surface area contributed by atoms with Gasteiger partial charge in [-0.05, 0) is 29.8 Å². The summed E-state index contributed by atoms with van der Waals surface area (Å²) >= 11 is 0. The zero-order valence-corrected chi connectivity index (χ0v) is 14.8. The topological polar surface area (TPSA) is 106 Å². The molecule has 2 N–H and O–H groups in total. The molecule has 1 unspecified atom stereocenters. The van der Waals surface area contributed by atoms with Crippen molar-refractivity contribution in [2.24, 2.45) is 0 Å². The molecule has 1 heterocycles. The van der Waals surface area contributed by atoms with Crippen molar-refractivity contribution in [2.45, 2.75) is 18.9 Å². The SMILES string of the molecule is O=C(Cn1nnc2ccccc2c1=O)NC(CO)c1ccc(OC(F)(F)F)cc1. The number of carbonyl (C=O) groups is 1.